The Kier molecular flexibility index (Phi) is 3.83. The summed E-state index contributed by atoms with van der Waals surface area (Å²) in [4.78, 5) is 0. The van der Waals surface area contributed by atoms with Crippen LogP contribution in [-0.4, -0.2) is 7.11 Å². The van der Waals surface area contributed by atoms with E-state index in [-0.39, 0.29) is 5.41 Å². The van der Waals surface area contributed by atoms with E-state index < -0.39 is 0 Å². The van der Waals surface area contributed by atoms with Crippen LogP contribution in [0.1, 0.15) is 12.5 Å². The third-order valence-corrected chi connectivity index (χ3v) is 4.76. The van der Waals surface area contributed by atoms with Crippen molar-refractivity contribution in [3.8, 4) is 5.75 Å². The van der Waals surface area contributed by atoms with Crippen molar-refractivity contribution in [1.82, 2.24) is 0 Å². The van der Waals surface area contributed by atoms with Crippen LogP contribution in [0.25, 0.3) is 0 Å². The molecule has 1 aromatic rings. The van der Waals surface area contributed by atoms with Crippen LogP contribution >= 0.6 is 0 Å². The Bertz CT molecular complexity index is 549. The Morgan fingerprint density at radius 2 is 1.33 bits per heavy atom. The molecule has 2 aliphatic carbocycles. The van der Waals surface area contributed by atoms with E-state index in [1.807, 2.05) is 0 Å². The van der Waals surface area contributed by atoms with E-state index >= 15 is 0 Å². The Balaban J connectivity index is 1.87. The molecule has 3 rings (SSSR count). The minimum atomic E-state index is 0.168. The summed E-state index contributed by atoms with van der Waals surface area (Å²) in [7, 11) is 1.71. The molecular formula is C20H22O. The van der Waals surface area contributed by atoms with Crippen molar-refractivity contribution in [1.29, 1.82) is 0 Å². The topological polar surface area (TPSA) is 9.23 Å². The summed E-state index contributed by atoms with van der Waals surface area (Å²) in [6.45, 7) is 2.40. The van der Waals surface area contributed by atoms with Crippen LogP contribution in [0.2, 0.25) is 0 Å². The van der Waals surface area contributed by atoms with Crippen molar-refractivity contribution in [3.05, 3.63) is 78.4 Å². The maximum atomic E-state index is 5.25. The largest absolute Gasteiger partial charge is 0.497 e. The minimum Gasteiger partial charge on any atom is -0.497 e. The fraction of sp³-hybridized carbons (Fsp3) is 0.300. The molecule has 0 bridgehead atoms. The number of allylic oxidation sites excluding steroid dienone is 8. The quantitative estimate of drug-likeness (QED) is 0.756. The molecule has 0 saturated carbocycles. The van der Waals surface area contributed by atoms with Crippen molar-refractivity contribution in [2.75, 3.05) is 7.11 Å². The third-order valence-electron chi connectivity index (χ3n) is 4.76. The van der Waals surface area contributed by atoms with Gasteiger partial charge in [0.05, 0.1) is 7.11 Å². The predicted molar refractivity (Wildman–Crippen MR) is 88.3 cm³/mol. The highest BCUT2D eigenvalue weighted by atomic mass is 16.5. The van der Waals surface area contributed by atoms with Gasteiger partial charge in [-0.25, -0.2) is 0 Å². The average molecular weight is 278 g/mol. The summed E-state index contributed by atoms with van der Waals surface area (Å²) in [5.41, 5.74) is 1.53. The van der Waals surface area contributed by atoms with E-state index in [1.54, 1.807) is 7.11 Å². The molecule has 0 spiro atoms. The smallest absolute Gasteiger partial charge is 0.118 e. The Labute approximate surface area is 127 Å². The predicted octanol–water partition coefficient (Wildman–Crippen LogP) is 4.73. The van der Waals surface area contributed by atoms with Gasteiger partial charge in [-0.15, -0.1) is 0 Å². The lowest BCUT2D eigenvalue weighted by Gasteiger charge is -2.38. The number of hydrogen-bond donors (Lipinski definition) is 0. The summed E-state index contributed by atoms with van der Waals surface area (Å²) in [5.74, 6) is 1.88. The molecule has 0 aliphatic heterocycles. The standard InChI is InChI=1S/C20H22O/c1-20(17-7-3-4-8-17,18-9-5-6-10-18)15-16-11-13-19(21-2)14-12-16/h3-14,17-18H,15H2,1-2H3. The lowest BCUT2D eigenvalue weighted by atomic mass is 9.65. The van der Waals surface area contributed by atoms with E-state index in [1.165, 1.54) is 5.56 Å². The first-order valence-corrected chi connectivity index (χ1v) is 7.55. The molecule has 108 valence electrons. The van der Waals surface area contributed by atoms with Crippen LogP contribution < -0.4 is 4.74 Å². The molecule has 2 aliphatic rings. The van der Waals surface area contributed by atoms with Crippen LogP contribution in [0.4, 0.5) is 0 Å². The summed E-state index contributed by atoms with van der Waals surface area (Å²) >= 11 is 0. The summed E-state index contributed by atoms with van der Waals surface area (Å²) < 4.78 is 5.25. The summed E-state index contributed by atoms with van der Waals surface area (Å²) in [5, 5.41) is 0. The zero-order valence-corrected chi connectivity index (χ0v) is 12.7. The van der Waals surface area contributed by atoms with Crippen molar-refractivity contribution in [3.63, 3.8) is 0 Å². The molecule has 1 nitrogen and oxygen atoms in total. The van der Waals surface area contributed by atoms with Gasteiger partial charge in [-0.1, -0.05) is 67.7 Å². The van der Waals surface area contributed by atoms with Gasteiger partial charge in [0.15, 0.2) is 0 Å². The highest BCUT2D eigenvalue weighted by Crippen LogP contribution is 2.44. The Morgan fingerprint density at radius 1 is 0.857 bits per heavy atom. The Morgan fingerprint density at radius 3 is 1.76 bits per heavy atom. The van der Waals surface area contributed by atoms with Gasteiger partial charge in [-0.05, 0) is 29.5 Å². The highest BCUT2D eigenvalue weighted by Gasteiger charge is 2.38. The van der Waals surface area contributed by atoms with Crippen molar-refractivity contribution in [2.45, 2.75) is 13.3 Å². The monoisotopic (exact) mass is 278 g/mol. The summed E-state index contributed by atoms with van der Waals surface area (Å²) in [6.07, 6.45) is 19.0. The zero-order chi connectivity index (χ0) is 14.7. The normalized spacial score (nSPS) is 18.0. The molecule has 21 heavy (non-hydrogen) atoms. The van der Waals surface area contributed by atoms with Crippen molar-refractivity contribution < 1.29 is 4.74 Å². The second-order valence-corrected chi connectivity index (χ2v) is 6.12. The molecule has 0 radical (unpaired) electrons. The van der Waals surface area contributed by atoms with Gasteiger partial charge in [-0.3, -0.25) is 0 Å². The second kappa shape index (κ2) is 5.77. The SMILES string of the molecule is COc1ccc(CC(C)(C2C=CC=C2)C2C=CC=C2)cc1. The van der Waals surface area contributed by atoms with Gasteiger partial charge < -0.3 is 4.74 Å². The molecule has 0 heterocycles. The van der Waals surface area contributed by atoms with Gasteiger partial charge in [0, 0.05) is 11.8 Å². The van der Waals surface area contributed by atoms with E-state index in [2.05, 4.69) is 79.8 Å². The molecule has 0 unspecified atom stereocenters. The second-order valence-electron chi connectivity index (χ2n) is 6.12. The van der Waals surface area contributed by atoms with Crippen LogP contribution in [0, 0.1) is 17.3 Å². The van der Waals surface area contributed by atoms with Crippen LogP contribution in [0.15, 0.2) is 72.9 Å². The molecule has 0 saturated heterocycles. The van der Waals surface area contributed by atoms with Crippen molar-refractivity contribution >= 4 is 0 Å². The highest BCUT2D eigenvalue weighted by molar-refractivity contribution is 5.32. The number of hydrogen-bond acceptors (Lipinski definition) is 1. The molecule has 1 heteroatoms. The van der Waals surface area contributed by atoms with Crippen LogP contribution in [-0.2, 0) is 6.42 Å². The maximum Gasteiger partial charge on any atom is 0.118 e. The minimum absolute atomic E-state index is 0.168. The van der Waals surface area contributed by atoms with E-state index in [0.29, 0.717) is 11.8 Å². The van der Waals surface area contributed by atoms with E-state index in [4.69, 9.17) is 4.74 Å². The Hall–Kier alpha value is -2.02. The molecule has 0 atom stereocenters. The lowest BCUT2D eigenvalue weighted by molar-refractivity contribution is 0.217. The number of benzene rings is 1. The lowest BCUT2D eigenvalue weighted by Crippen LogP contribution is -2.33. The average Bonchev–Trinajstić information content (AvgIpc) is 3.21. The molecule has 0 fully saturated rings. The van der Waals surface area contributed by atoms with E-state index in [9.17, 15) is 0 Å². The van der Waals surface area contributed by atoms with Gasteiger partial charge in [0.1, 0.15) is 5.75 Å². The molecule has 0 aromatic heterocycles. The molecule has 0 N–H and O–H groups in total. The fourth-order valence-corrected chi connectivity index (χ4v) is 3.38. The molecule has 0 amide bonds. The zero-order valence-electron chi connectivity index (χ0n) is 12.7. The first-order chi connectivity index (χ1) is 10.2. The van der Waals surface area contributed by atoms with Crippen LogP contribution in [0.3, 0.4) is 0 Å². The fourth-order valence-electron chi connectivity index (χ4n) is 3.38. The first kappa shape index (κ1) is 13.9. The van der Waals surface area contributed by atoms with Gasteiger partial charge in [0.25, 0.3) is 0 Å². The van der Waals surface area contributed by atoms with Gasteiger partial charge >= 0.3 is 0 Å². The molecular weight excluding hydrogens is 256 g/mol. The van der Waals surface area contributed by atoms with Gasteiger partial charge in [0.2, 0.25) is 0 Å². The van der Waals surface area contributed by atoms with E-state index in [0.717, 1.165) is 12.2 Å². The summed E-state index contributed by atoms with van der Waals surface area (Å²) in [6, 6.07) is 8.47. The van der Waals surface area contributed by atoms with Crippen LogP contribution in [0.5, 0.6) is 5.75 Å². The van der Waals surface area contributed by atoms with Crippen molar-refractivity contribution in [2.24, 2.45) is 17.3 Å². The molecule has 1 aromatic carbocycles. The van der Waals surface area contributed by atoms with Gasteiger partial charge in [-0.2, -0.15) is 0 Å². The number of ether oxygens (including phenoxy) is 1. The third kappa shape index (κ3) is 2.73. The number of rotatable bonds is 5. The number of methoxy groups -OCH3 is 1. The first-order valence-electron chi connectivity index (χ1n) is 7.55. The maximum absolute atomic E-state index is 5.25.